The number of aromatic nitrogens is 3. The predicted molar refractivity (Wildman–Crippen MR) is 83.4 cm³/mol. The van der Waals surface area contributed by atoms with Crippen molar-refractivity contribution in [2.24, 2.45) is 0 Å². The van der Waals surface area contributed by atoms with Gasteiger partial charge in [0.2, 0.25) is 11.1 Å². The van der Waals surface area contributed by atoms with Crippen LogP contribution in [0.3, 0.4) is 0 Å². The number of nitrogens with two attached hydrogens (primary N) is 1. The number of nitrogen functional groups attached to an aromatic ring is 1. The molecule has 6 nitrogen and oxygen atoms in total. The lowest BCUT2D eigenvalue weighted by Crippen LogP contribution is -2.32. The van der Waals surface area contributed by atoms with Crippen molar-refractivity contribution in [2.75, 3.05) is 5.84 Å². The van der Waals surface area contributed by atoms with Crippen LogP contribution >= 0.6 is 11.8 Å². The third-order valence-corrected chi connectivity index (χ3v) is 4.46. The molecule has 0 aliphatic rings. The number of carbonyl (C=O) groups is 1. The molecule has 2 aromatic rings. The molecule has 0 bridgehead atoms. The van der Waals surface area contributed by atoms with Crippen molar-refractivity contribution in [3.8, 4) is 0 Å². The number of nitrogens with zero attached hydrogens (tertiary/aromatic N) is 3. The SMILES string of the molecule is CCC(Sc1nnc(C(F)(F)F)n1N)C(=O)NCc1ccccc1. The molecule has 1 aromatic heterocycles. The first-order valence-electron chi connectivity index (χ1n) is 7.09. The highest BCUT2D eigenvalue weighted by atomic mass is 32.2. The van der Waals surface area contributed by atoms with Gasteiger partial charge in [-0.15, -0.1) is 10.2 Å². The minimum Gasteiger partial charge on any atom is -0.351 e. The van der Waals surface area contributed by atoms with E-state index in [-0.39, 0.29) is 11.1 Å². The Labute approximate surface area is 140 Å². The zero-order valence-corrected chi connectivity index (χ0v) is 13.6. The van der Waals surface area contributed by atoms with Gasteiger partial charge in [0.1, 0.15) is 0 Å². The molecule has 0 saturated carbocycles. The number of thioether (sulfide) groups is 1. The number of amides is 1. The van der Waals surface area contributed by atoms with Gasteiger partial charge in [-0.25, -0.2) is 4.68 Å². The average Bonchev–Trinajstić information content (AvgIpc) is 2.92. The summed E-state index contributed by atoms with van der Waals surface area (Å²) in [5, 5.41) is 8.42. The molecule has 0 radical (unpaired) electrons. The molecule has 24 heavy (non-hydrogen) atoms. The number of nitrogens with one attached hydrogen (secondary N) is 1. The van der Waals surface area contributed by atoms with Crippen molar-refractivity contribution in [3.05, 3.63) is 41.7 Å². The zero-order valence-electron chi connectivity index (χ0n) is 12.7. The quantitative estimate of drug-likeness (QED) is 0.610. The van der Waals surface area contributed by atoms with E-state index in [1.54, 1.807) is 6.92 Å². The normalized spacial score (nSPS) is 12.8. The maximum absolute atomic E-state index is 12.7. The van der Waals surface area contributed by atoms with E-state index in [9.17, 15) is 18.0 Å². The molecule has 1 aromatic carbocycles. The van der Waals surface area contributed by atoms with Crippen LogP contribution in [0.4, 0.5) is 13.2 Å². The number of rotatable bonds is 6. The summed E-state index contributed by atoms with van der Waals surface area (Å²) in [7, 11) is 0. The molecule has 130 valence electrons. The molecule has 10 heteroatoms. The summed E-state index contributed by atoms with van der Waals surface area (Å²) in [6.45, 7) is 2.08. The predicted octanol–water partition coefficient (Wildman–Crippen LogP) is 2.20. The Morgan fingerprint density at radius 2 is 2.00 bits per heavy atom. The minimum atomic E-state index is -4.70. The second kappa shape index (κ2) is 7.56. The molecule has 0 aliphatic heterocycles. The van der Waals surface area contributed by atoms with Crippen LogP contribution in [0.5, 0.6) is 0 Å². The molecule has 3 N–H and O–H groups in total. The number of hydrogen-bond donors (Lipinski definition) is 2. The van der Waals surface area contributed by atoms with Gasteiger partial charge in [-0.3, -0.25) is 4.79 Å². The van der Waals surface area contributed by atoms with Gasteiger partial charge in [0.15, 0.2) is 0 Å². The lowest BCUT2D eigenvalue weighted by Gasteiger charge is -2.14. The molecule has 0 spiro atoms. The number of alkyl halides is 3. The van der Waals surface area contributed by atoms with Gasteiger partial charge in [0, 0.05) is 6.54 Å². The van der Waals surface area contributed by atoms with Crippen LogP contribution in [-0.2, 0) is 17.5 Å². The summed E-state index contributed by atoms with van der Waals surface area (Å²) >= 11 is 0.848. The Morgan fingerprint density at radius 3 is 2.54 bits per heavy atom. The largest absolute Gasteiger partial charge is 0.453 e. The first-order valence-corrected chi connectivity index (χ1v) is 7.96. The van der Waals surface area contributed by atoms with Crippen LogP contribution in [-0.4, -0.2) is 26.0 Å². The first kappa shape index (κ1) is 18.1. The standard InChI is InChI=1S/C14H16F3N5OS/c1-2-10(11(23)19-8-9-6-4-3-5-7-9)24-13-21-20-12(22(13)18)14(15,16)17/h3-7,10H,2,8,18H2,1H3,(H,19,23). The Morgan fingerprint density at radius 1 is 1.33 bits per heavy atom. The Balaban J connectivity index is 2.01. The second-order valence-electron chi connectivity index (χ2n) is 4.89. The van der Waals surface area contributed by atoms with Gasteiger partial charge in [0.05, 0.1) is 5.25 Å². The molecular weight excluding hydrogens is 343 g/mol. The highest BCUT2D eigenvalue weighted by Crippen LogP contribution is 2.30. The molecule has 2 rings (SSSR count). The van der Waals surface area contributed by atoms with E-state index in [0.29, 0.717) is 17.6 Å². The topological polar surface area (TPSA) is 85.8 Å². The van der Waals surface area contributed by atoms with E-state index in [4.69, 9.17) is 5.84 Å². The number of halogens is 3. The van der Waals surface area contributed by atoms with Crippen molar-refractivity contribution in [2.45, 2.75) is 36.5 Å². The van der Waals surface area contributed by atoms with Gasteiger partial charge >= 0.3 is 6.18 Å². The van der Waals surface area contributed by atoms with Crippen molar-refractivity contribution in [1.82, 2.24) is 20.2 Å². The molecule has 0 saturated heterocycles. The smallest absolute Gasteiger partial charge is 0.351 e. The van der Waals surface area contributed by atoms with Crippen molar-refractivity contribution in [1.29, 1.82) is 0 Å². The molecule has 1 atom stereocenters. The Bertz CT molecular complexity index is 689. The highest BCUT2D eigenvalue weighted by Gasteiger charge is 2.38. The van der Waals surface area contributed by atoms with Crippen LogP contribution in [0, 0.1) is 0 Å². The summed E-state index contributed by atoms with van der Waals surface area (Å²) in [5.74, 6) is 3.77. The van der Waals surface area contributed by atoms with Gasteiger partial charge < -0.3 is 11.2 Å². The van der Waals surface area contributed by atoms with E-state index >= 15 is 0 Å². The maximum Gasteiger partial charge on any atom is 0.453 e. The van der Waals surface area contributed by atoms with Gasteiger partial charge in [-0.2, -0.15) is 13.2 Å². The summed E-state index contributed by atoms with van der Waals surface area (Å²) in [6.07, 6.45) is -4.29. The third kappa shape index (κ3) is 4.40. The van der Waals surface area contributed by atoms with Crippen molar-refractivity contribution in [3.63, 3.8) is 0 Å². The third-order valence-electron chi connectivity index (χ3n) is 3.14. The van der Waals surface area contributed by atoms with Crippen molar-refractivity contribution < 1.29 is 18.0 Å². The number of hydrogen-bond acceptors (Lipinski definition) is 5. The van der Waals surface area contributed by atoms with Crippen LogP contribution in [0.1, 0.15) is 24.7 Å². The molecule has 0 aliphatic carbocycles. The Kier molecular flexibility index (Phi) is 5.71. The van der Waals surface area contributed by atoms with E-state index in [1.165, 1.54) is 0 Å². The Hall–Kier alpha value is -2.23. The van der Waals surface area contributed by atoms with E-state index in [1.807, 2.05) is 30.3 Å². The second-order valence-corrected chi connectivity index (χ2v) is 6.06. The first-order chi connectivity index (χ1) is 11.3. The van der Waals surface area contributed by atoms with Gasteiger partial charge in [-0.05, 0) is 12.0 Å². The lowest BCUT2D eigenvalue weighted by molar-refractivity contribution is -0.146. The molecular formula is C14H16F3N5OS. The summed E-state index contributed by atoms with van der Waals surface area (Å²) in [6, 6.07) is 9.29. The molecule has 1 unspecified atom stereocenters. The number of benzene rings is 1. The van der Waals surface area contributed by atoms with Gasteiger partial charge in [0.25, 0.3) is 5.82 Å². The van der Waals surface area contributed by atoms with Crippen LogP contribution in [0.2, 0.25) is 0 Å². The zero-order chi connectivity index (χ0) is 17.7. The van der Waals surface area contributed by atoms with Crippen molar-refractivity contribution >= 4 is 17.7 Å². The number of carbonyl (C=O) groups excluding carboxylic acids is 1. The molecule has 0 fully saturated rings. The summed E-state index contributed by atoms with van der Waals surface area (Å²) < 4.78 is 38.3. The fourth-order valence-corrected chi connectivity index (χ4v) is 2.80. The monoisotopic (exact) mass is 359 g/mol. The summed E-state index contributed by atoms with van der Waals surface area (Å²) in [4.78, 5) is 12.2. The van der Waals surface area contributed by atoms with E-state index < -0.39 is 17.3 Å². The van der Waals surface area contributed by atoms with E-state index in [0.717, 1.165) is 17.3 Å². The highest BCUT2D eigenvalue weighted by molar-refractivity contribution is 8.00. The fourth-order valence-electron chi connectivity index (χ4n) is 1.90. The van der Waals surface area contributed by atoms with Gasteiger partial charge in [-0.1, -0.05) is 49.0 Å². The lowest BCUT2D eigenvalue weighted by atomic mass is 10.2. The van der Waals surface area contributed by atoms with Crippen LogP contribution < -0.4 is 11.2 Å². The van der Waals surface area contributed by atoms with Crippen LogP contribution in [0.15, 0.2) is 35.5 Å². The molecule has 1 heterocycles. The summed E-state index contributed by atoms with van der Waals surface area (Å²) in [5.41, 5.74) is 0.923. The fraction of sp³-hybridized carbons (Fsp3) is 0.357. The van der Waals surface area contributed by atoms with Crippen LogP contribution in [0.25, 0.3) is 0 Å². The van der Waals surface area contributed by atoms with E-state index in [2.05, 4.69) is 15.5 Å². The maximum atomic E-state index is 12.7. The molecule has 1 amide bonds. The minimum absolute atomic E-state index is 0.163. The average molecular weight is 359 g/mol.